The van der Waals surface area contributed by atoms with Crippen molar-refractivity contribution in [3.05, 3.63) is 34.1 Å². The highest BCUT2D eigenvalue weighted by Crippen LogP contribution is 2.25. The Morgan fingerprint density at radius 3 is 2.94 bits per heavy atom. The lowest BCUT2D eigenvalue weighted by atomic mass is 10.1. The summed E-state index contributed by atoms with van der Waals surface area (Å²) >= 11 is 9.39. The number of benzene rings is 1. The van der Waals surface area contributed by atoms with Gasteiger partial charge in [0.2, 0.25) is 0 Å². The quantitative estimate of drug-likeness (QED) is 0.732. The van der Waals surface area contributed by atoms with Crippen molar-refractivity contribution in [1.29, 1.82) is 0 Å². The molecule has 0 N–H and O–H groups in total. The number of hydrogen-bond donors (Lipinski definition) is 0. The van der Waals surface area contributed by atoms with E-state index in [1.807, 2.05) is 6.07 Å². The minimum Gasteiger partial charge on any atom is -0.295 e. The van der Waals surface area contributed by atoms with Gasteiger partial charge in [0.1, 0.15) is 5.82 Å². The maximum Gasteiger partial charge on any atom is 0.137 e. The lowest BCUT2D eigenvalue weighted by molar-refractivity contribution is 0.206. The predicted octanol–water partition coefficient (Wildman–Crippen LogP) is 4.57. The molecule has 1 heterocycles. The van der Waals surface area contributed by atoms with Crippen LogP contribution in [0.15, 0.2) is 22.7 Å². The van der Waals surface area contributed by atoms with Gasteiger partial charge in [0.15, 0.2) is 0 Å². The summed E-state index contributed by atoms with van der Waals surface area (Å²) in [5.74, 6) is 0.470. The minimum absolute atomic E-state index is 0.190. The molecule has 0 aliphatic carbocycles. The van der Waals surface area contributed by atoms with Gasteiger partial charge in [0.05, 0.1) is 4.47 Å². The summed E-state index contributed by atoms with van der Waals surface area (Å²) in [7, 11) is 0. The Hall–Kier alpha value is -0.120. The molecule has 0 saturated carbocycles. The first-order valence-electron chi connectivity index (χ1n) is 6.45. The second-order valence-electron chi connectivity index (χ2n) is 4.84. The highest BCUT2D eigenvalue weighted by Gasteiger charge is 2.21. The van der Waals surface area contributed by atoms with Gasteiger partial charge in [0, 0.05) is 18.5 Å². The molecule has 1 aromatic rings. The molecule has 1 fully saturated rings. The molecule has 1 atom stereocenters. The molecule has 0 aromatic heterocycles. The van der Waals surface area contributed by atoms with Crippen LogP contribution in [0.1, 0.15) is 31.2 Å². The van der Waals surface area contributed by atoms with E-state index in [0.29, 0.717) is 16.4 Å². The number of alkyl halides is 1. The SMILES string of the molecule is Fc1cccc(CN2CCCCCC2CCl)c1Br. The van der Waals surface area contributed by atoms with Gasteiger partial charge in [-0.25, -0.2) is 4.39 Å². The van der Waals surface area contributed by atoms with Gasteiger partial charge >= 0.3 is 0 Å². The van der Waals surface area contributed by atoms with Gasteiger partial charge in [-0.3, -0.25) is 4.90 Å². The van der Waals surface area contributed by atoms with E-state index >= 15 is 0 Å². The molecule has 1 unspecified atom stereocenters. The van der Waals surface area contributed by atoms with Crippen molar-refractivity contribution < 1.29 is 4.39 Å². The van der Waals surface area contributed by atoms with Crippen LogP contribution in [0.5, 0.6) is 0 Å². The molecule has 0 radical (unpaired) electrons. The van der Waals surface area contributed by atoms with Gasteiger partial charge in [0.25, 0.3) is 0 Å². The molecule has 1 aromatic carbocycles. The highest BCUT2D eigenvalue weighted by molar-refractivity contribution is 9.10. The number of likely N-dealkylation sites (tertiary alicyclic amines) is 1. The van der Waals surface area contributed by atoms with Crippen molar-refractivity contribution in [2.75, 3.05) is 12.4 Å². The third-order valence-electron chi connectivity index (χ3n) is 3.58. The normalized spacial score (nSPS) is 21.8. The summed E-state index contributed by atoms with van der Waals surface area (Å²) in [5.41, 5.74) is 1.01. The predicted molar refractivity (Wildman–Crippen MR) is 77.5 cm³/mol. The number of halogens is 3. The zero-order valence-corrected chi connectivity index (χ0v) is 12.7. The lowest BCUT2D eigenvalue weighted by Crippen LogP contribution is -2.35. The van der Waals surface area contributed by atoms with E-state index in [-0.39, 0.29) is 5.82 Å². The fourth-order valence-electron chi connectivity index (χ4n) is 2.51. The molecule has 0 bridgehead atoms. The lowest BCUT2D eigenvalue weighted by Gasteiger charge is -2.28. The highest BCUT2D eigenvalue weighted by atomic mass is 79.9. The van der Waals surface area contributed by atoms with Gasteiger partial charge in [-0.05, 0) is 46.9 Å². The smallest absolute Gasteiger partial charge is 0.137 e. The van der Waals surface area contributed by atoms with Crippen molar-refractivity contribution in [3.8, 4) is 0 Å². The Labute approximate surface area is 121 Å². The van der Waals surface area contributed by atoms with Crippen molar-refractivity contribution in [3.63, 3.8) is 0 Å². The number of hydrogen-bond acceptors (Lipinski definition) is 1. The molecule has 0 spiro atoms. The summed E-state index contributed by atoms with van der Waals surface area (Å²) in [6, 6.07) is 5.64. The monoisotopic (exact) mass is 333 g/mol. The fraction of sp³-hybridized carbons (Fsp3) is 0.571. The third-order valence-corrected chi connectivity index (χ3v) is 4.83. The largest absolute Gasteiger partial charge is 0.295 e. The minimum atomic E-state index is -0.190. The van der Waals surface area contributed by atoms with Gasteiger partial charge < -0.3 is 0 Å². The first-order chi connectivity index (χ1) is 8.72. The van der Waals surface area contributed by atoms with Gasteiger partial charge in [-0.2, -0.15) is 0 Å². The van der Waals surface area contributed by atoms with E-state index in [4.69, 9.17) is 11.6 Å². The van der Waals surface area contributed by atoms with E-state index in [1.54, 1.807) is 6.07 Å². The van der Waals surface area contributed by atoms with Crippen molar-refractivity contribution in [1.82, 2.24) is 4.90 Å². The molecule has 4 heteroatoms. The summed E-state index contributed by atoms with van der Waals surface area (Å²) in [6.45, 7) is 1.83. The number of nitrogens with zero attached hydrogens (tertiary/aromatic N) is 1. The van der Waals surface area contributed by atoms with E-state index in [0.717, 1.165) is 25.1 Å². The van der Waals surface area contributed by atoms with E-state index in [9.17, 15) is 4.39 Å². The molecule has 0 amide bonds. The van der Waals surface area contributed by atoms with Crippen molar-refractivity contribution in [2.24, 2.45) is 0 Å². The van der Waals surface area contributed by atoms with Crippen LogP contribution >= 0.6 is 27.5 Å². The van der Waals surface area contributed by atoms with Crippen LogP contribution in [0.4, 0.5) is 4.39 Å². The first-order valence-corrected chi connectivity index (χ1v) is 7.78. The number of rotatable bonds is 3. The van der Waals surface area contributed by atoms with Gasteiger partial charge in [-0.1, -0.05) is 25.0 Å². The summed E-state index contributed by atoms with van der Waals surface area (Å²) in [4.78, 5) is 2.39. The van der Waals surface area contributed by atoms with Crippen LogP contribution in [0.2, 0.25) is 0 Å². The van der Waals surface area contributed by atoms with Crippen LogP contribution in [0.3, 0.4) is 0 Å². The Balaban J connectivity index is 2.12. The summed E-state index contributed by atoms with van der Waals surface area (Å²) < 4.78 is 14.1. The molecule has 1 saturated heterocycles. The fourth-order valence-corrected chi connectivity index (χ4v) is 3.25. The molecule has 100 valence electrons. The van der Waals surface area contributed by atoms with Gasteiger partial charge in [-0.15, -0.1) is 11.6 Å². The second-order valence-corrected chi connectivity index (χ2v) is 5.94. The maximum atomic E-state index is 13.5. The van der Waals surface area contributed by atoms with E-state index < -0.39 is 0 Å². The molecule has 1 aliphatic heterocycles. The molecule has 18 heavy (non-hydrogen) atoms. The Morgan fingerprint density at radius 2 is 2.17 bits per heavy atom. The van der Waals surface area contributed by atoms with Crippen LogP contribution in [0.25, 0.3) is 0 Å². The zero-order chi connectivity index (χ0) is 13.0. The van der Waals surface area contributed by atoms with E-state index in [2.05, 4.69) is 20.8 Å². The first kappa shape index (κ1) is 14.3. The molecular formula is C14H18BrClFN. The Morgan fingerprint density at radius 1 is 1.33 bits per heavy atom. The van der Waals surface area contributed by atoms with Crippen LogP contribution in [-0.4, -0.2) is 23.4 Å². The zero-order valence-electron chi connectivity index (χ0n) is 10.3. The Bertz CT molecular complexity index is 399. The van der Waals surface area contributed by atoms with Crippen LogP contribution < -0.4 is 0 Å². The Kier molecular flexibility index (Phi) is 5.46. The van der Waals surface area contributed by atoms with Crippen molar-refractivity contribution >= 4 is 27.5 Å². The average Bonchev–Trinajstić information content (AvgIpc) is 2.60. The molecule has 2 rings (SSSR count). The van der Waals surface area contributed by atoms with Crippen LogP contribution in [-0.2, 0) is 6.54 Å². The standard InChI is InChI=1S/C14H18BrClFN/c15-14-11(5-4-7-13(14)17)10-18-8-3-1-2-6-12(18)9-16/h4-5,7,12H,1-3,6,8-10H2. The average molecular weight is 335 g/mol. The molecule has 1 aliphatic rings. The molecular weight excluding hydrogens is 317 g/mol. The summed E-state index contributed by atoms with van der Waals surface area (Å²) in [6.07, 6.45) is 4.88. The van der Waals surface area contributed by atoms with E-state index in [1.165, 1.54) is 25.3 Å². The van der Waals surface area contributed by atoms with Crippen molar-refractivity contribution in [2.45, 2.75) is 38.3 Å². The molecule has 1 nitrogen and oxygen atoms in total. The third kappa shape index (κ3) is 3.46. The van der Waals surface area contributed by atoms with Crippen LogP contribution in [0, 0.1) is 5.82 Å². The topological polar surface area (TPSA) is 3.24 Å². The second kappa shape index (κ2) is 6.88. The maximum absolute atomic E-state index is 13.5. The summed E-state index contributed by atoms with van der Waals surface area (Å²) in [5, 5.41) is 0.